The molecule has 0 aromatic heterocycles. The van der Waals surface area contributed by atoms with Gasteiger partial charge >= 0.3 is 0 Å². The number of hydrogen-bond acceptors (Lipinski definition) is 1. The molecular formula is C17H18Br2FN. The van der Waals surface area contributed by atoms with E-state index in [-0.39, 0.29) is 11.9 Å². The Morgan fingerprint density at radius 2 is 1.67 bits per heavy atom. The number of nitrogens with one attached hydrogen (secondary N) is 1. The Kier molecular flexibility index (Phi) is 5.58. The lowest BCUT2D eigenvalue weighted by Gasteiger charge is -2.22. The lowest BCUT2D eigenvalue weighted by atomic mass is 9.93. The van der Waals surface area contributed by atoms with Crippen LogP contribution in [0.4, 0.5) is 4.39 Å². The van der Waals surface area contributed by atoms with E-state index in [1.807, 2.05) is 45.0 Å². The van der Waals surface area contributed by atoms with E-state index in [4.69, 9.17) is 0 Å². The zero-order chi connectivity index (χ0) is 15.6. The molecule has 2 aromatic rings. The van der Waals surface area contributed by atoms with Crippen LogP contribution in [-0.4, -0.2) is 6.54 Å². The molecular weight excluding hydrogens is 397 g/mol. The molecule has 0 aliphatic rings. The third kappa shape index (κ3) is 3.93. The molecule has 0 bridgehead atoms. The van der Waals surface area contributed by atoms with E-state index in [2.05, 4.69) is 37.2 Å². The zero-order valence-corrected chi connectivity index (χ0v) is 15.5. The van der Waals surface area contributed by atoms with Crippen LogP contribution in [0.3, 0.4) is 0 Å². The van der Waals surface area contributed by atoms with Crippen molar-refractivity contribution in [1.82, 2.24) is 5.32 Å². The van der Waals surface area contributed by atoms with E-state index in [0.29, 0.717) is 5.56 Å². The number of aryl methyl sites for hydroxylation is 2. The maximum atomic E-state index is 14.5. The standard InChI is InChI=1S/C17H18Br2FN/c1-4-21-17(12-7-13(18)9-14(19)8-12)16-11(3)5-10(2)6-15(16)20/h5-9,17,21H,4H2,1-3H3. The highest BCUT2D eigenvalue weighted by molar-refractivity contribution is 9.11. The van der Waals surface area contributed by atoms with Crippen LogP contribution in [0, 0.1) is 19.7 Å². The van der Waals surface area contributed by atoms with Crippen LogP contribution >= 0.6 is 31.9 Å². The molecule has 1 unspecified atom stereocenters. The number of benzene rings is 2. The van der Waals surface area contributed by atoms with E-state index < -0.39 is 0 Å². The second kappa shape index (κ2) is 7.03. The summed E-state index contributed by atoms with van der Waals surface area (Å²) < 4.78 is 16.5. The van der Waals surface area contributed by atoms with Gasteiger partial charge in [-0.25, -0.2) is 4.39 Å². The third-order valence-electron chi connectivity index (χ3n) is 3.40. The molecule has 0 saturated heterocycles. The van der Waals surface area contributed by atoms with Gasteiger partial charge in [0.2, 0.25) is 0 Å². The van der Waals surface area contributed by atoms with E-state index in [9.17, 15) is 4.39 Å². The molecule has 2 aromatic carbocycles. The van der Waals surface area contributed by atoms with Crippen molar-refractivity contribution >= 4 is 31.9 Å². The minimum atomic E-state index is -0.163. The highest BCUT2D eigenvalue weighted by Crippen LogP contribution is 2.31. The molecule has 0 fully saturated rings. The lowest BCUT2D eigenvalue weighted by molar-refractivity contribution is 0.555. The van der Waals surface area contributed by atoms with E-state index in [1.54, 1.807) is 6.07 Å². The van der Waals surface area contributed by atoms with Crippen molar-refractivity contribution < 1.29 is 4.39 Å². The summed E-state index contributed by atoms with van der Waals surface area (Å²) in [5.41, 5.74) is 3.66. The summed E-state index contributed by atoms with van der Waals surface area (Å²) in [6.45, 7) is 6.67. The van der Waals surface area contributed by atoms with Crippen LogP contribution in [0.15, 0.2) is 39.3 Å². The summed E-state index contributed by atoms with van der Waals surface area (Å²) in [4.78, 5) is 0. The summed E-state index contributed by atoms with van der Waals surface area (Å²) >= 11 is 7.00. The van der Waals surface area contributed by atoms with Gasteiger partial charge in [-0.1, -0.05) is 44.8 Å². The SMILES string of the molecule is CCNC(c1cc(Br)cc(Br)c1)c1c(C)cc(C)cc1F. The first-order chi connectivity index (χ1) is 9.92. The largest absolute Gasteiger partial charge is 0.306 e. The van der Waals surface area contributed by atoms with Crippen molar-refractivity contribution in [1.29, 1.82) is 0 Å². The van der Waals surface area contributed by atoms with Crippen LogP contribution in [-0.2, 0) is 0 Å². The number of rotatable bonds is 4. The smallest absolute Gasteiger partial charge is 0.128 e. The van der Waals surface area contributed by atoms with Gasteiger partial charge in [-0.15, -0.1) is 0 Å². The Morgan fingerprint density at radius 1 is 1.05 bits per heavy atom. The van der Waals surface area contributed by atoms with Crippen molar-refractivity contribution in [3.8, 4) is 0 Å². The quantitative estimate of drug-likeness (QED) is 0.679. The Morgan fingerprint density at radius 3 is 2.19 bits per heavy atom. The van der Waals surface area contributed by atoms with Crippen LogP contribution in [0.2, 0.25) is 0 Å². The van der Waals surface area contributed by atoms with Crippen molar-refractivity contribution in [3.05, 3.63) is 67.3 Å². The predicted molar refractivity (Wildman–Crippen MR) is 93.2 cm³/mol. The van der Waals surface area contributed by atoms with Gasteiger partial charge in [0.1, 0.15) is 5.82 Å². The summed E-state index contributed by atoms with van der Waals surface area (Å²) in [5.74, 6) is -0.158. The molecule has 112 valence electrons. The van der Waals surface area contributed by atoms with Crippen LogP contribution in [0.5, 0.6) is 0 Å². The van der Waals surface area contributed by atoms with Crippen LogP contribution in [0.25, 0.3) is 0 Å². The third-order valence-corrected chi connectivity index (χ3v) is 4.31. The predicted octanol–water partition coefficient (Wildman–Crippen LogP) is 5.67. The minimum Gasteiger partial charge on any atom is -0.306 e. The van der Waals surface area contributed by atoms with Gasteiger partial charge in [0.05, 0.1) is 6.04 Å². The molecule has 0 amide bonds. The minimum absolute atomic E-state index is 0.158. The number of halogens is 3. The van der Waals surface area contributed by atoms with E-state index in [0.717, 1.165) is 32.2 Å². The molecule has 0 radical (unpaired) electrons. The fraction of sp³-hybridized carbons (Fsp3) is 0.294. The summed E-state index contributed by atoms with van der Waals surface area (Å²) in [6, 6.07) is 9.48. The molecule has 0 aliphatic heterocycles. The Labute approximate surface area is 142 Å². The van der Waals surface area contributed by atoms with Gasteiger partial charge in [-0.3, -0.25) is 0 Å². The highest BCUT2D eigenvalue weighted by Gasteiger charge is 2.20. The Hall–Kier alpha value is -0.710. The lowest BCUT2D eigenvalue weighted by Crippen LogP contribution is -2.24. The van der Waals surface area contributed by atoms with Crippen molar-refractivity contribution in [2.75, 3.05) is 6.54 Å². The highest BCUT2D eigenvalue weighted by atomic mass is 79.9. The average molecular weight is 415 g/mol. The van der Waals surface area contributed by atoms with Gasteiger partial charge in [0.25, 0.3) is 0 Å². The Bertz CT molecular complexity index is 612. The normalized spacial score (nSPS) is 12.5. The average Bonchev–Trinajstić information content (AvgIpc) is 2.35. The van der Waals surface area contributed by atoms with Crippen LogP contribution in [0.1, 0.15) is 35.2 Å². The molecule has 1 N–H and O–H groups in total. The van der Waals surface area contributed by atoms with Crippen molar-refractivity contribution in [2.24, 2.45) is 0 Å². The molecule has 0 heterocycles. The number of hydrogen-bond donors (Lipinski definition) is 1. The second-order valence-corrected chi connectivity index (χ2v) is 7.00. The van der Waals surface area contributed by atoms with Gasteiger partial charge in [0.15, 0.2) is 0 Å². The van der Waals surface area contributed by atoms with Gasteiger partial charge in [-0.2, -0.15) is 0 Å². The monoisotopic (exact) mass is 413 g/mol. The molecule has 21 heavy (non-hydrogen) atoms. The van der Waals surface area contributed by atoms with Crippen LogP contribution < -0.4 is 5.32 Å². The molecule has 2 rings (SSSR count). The first-order valence-electron chi connectivity index (χ1n) is 6.88. The van der Waals surface area contributed by atoms with E-state index >= 15 is 0 Å². The summed E-state index contributed by atoms with van der Waals surface area (Å²) in [5, 5.41) is 3.39. The van der Waals surface area contributed by atoms with Gasteiger partial charge in [0, 0.05) is 14.5 Å². The summed E-state index contributed by atoms with van der Waals surface area (Å²) in [6.07, 6.45) is 0. The first kappa shape index (κ1) is 16.7. The van der Waals surface area contributed by atoms with Crippen molar-refractivity contribution in [3.63, 3.8) is 0 Å². The molecule has 1 nitrogen and oxygen atoms in total. The fourth-order valence-corrected chi connectivity index (χ4v) is 3.95. The first-order valence-corrected chi connectivity index (χ1v) is 8.47. The van der Waals surface area contributed by atoms with E-state index in [1.165, 1.54) is 0 Å². The van der Waals surface area contributed by atoms with Crippen molar-refractivity contribution in [2.45, 2.75) is 26.8 Å². The molecule has 1 atom stereocenters. The van der Waals surface area contributed by atoms with Gasteiger partial charge < -0.3 is 5.32 Å². The zero-order valence-electron chi connectivity index (χ0n) is 12.3. The molecule has 0 spiro atoms. The molecule has 0 aliphatic carbocycles. The summed E-state index contributed by atoms with van der Waals surface area (Å²) in [7, 11) is 0. The maximum Gasteiger partial charge on any atom is 0.128 e. The molecule has 0 saturated carbocycles. The molecule has 4 heteroatoms. The maximum absolute atomic E-state index is 14.5. The Balaban J connectivity index is 2.58. The fourth-order valence-electron chi connectivity index (χ4n) is 2.63. The topological polar surface area (TPSA) is 12.0 Å². The van der Waals surface area contributed by atoms with Gasteiger partial charge in [-0.05, 0) is 61.3 Å². The second-order valence-electron chi connectivity index (χ2n) is 5.17.